The largest absolute Gasteiger partial charge is 0.383 e. The van der Waals surface area contributed by atoms with E-state index in [0.29, 0.717) is 13.2 Å². The Morgan fingerprint density at radius 2 is 2.04 bits per heavy atom. The highest BCUT2D eigenvalue weighted by molar-refractivity contribution is 8.01. The van der Waals surface area contributed by atoms with Gasteiger partial charge in [0.05, 0.1) is 28.6 Å². The monoisotopic (exact) mass is 370 g/mol. The van der Waals surface area contributed by atoms with E-state index in [1.54, 1.807) is 35.1 Å². The first-order chi connectivity index (χ1) is 12.3. The van der Waals surface area contributed by atoms with Crippen LogP contribution in [0.4, 0.5) is 5.13 Å². The normalized spacial score (nSPS) is 16.1. The van der Waals surface area contributed by atoms with Crippen LogP contribution in [0.25, 0.3) is 10.2 Å². The number of carbonyl (C=O) groups is 1. The SMILES string of the molecule is COCCN(C(=O)C1Cc2ccccc2S1)c1nc2ccccc2s1. The number of hydrogen-bond acceptors (Lipinski definition) is 5. The van der Waals surface area contributed by atoms with Gasteiger partial charge in [0.1, 0.15) is 0 Å². The second kappa shape index (κ2) is 7.15. The van der Waals surface area contributed by atoms with Crippen molar-refractivity contribution >= 4 is 44.4 Å². The standard InChI is InChI=1S/C19H18N2O2S2/c1-23-11-10-21(19-20-14-7-3-5-9-16(14)25-19)18(22)17-12-13-6-2-4-8-15(13)24-17/h2-9,17H,10-12H2,1H3. The lowest BCUT2D eigenvalue weighted by Gasteiger charge is -2.22. The number of carbonyl (C=O) groups excluding carboxylic acids is 1. The molecule has 0 saturated carbocycles. The van der Waals surface area contributed by atoms with Crippen molar-refractivity contribution in [1.29, 1.82) is 0 Å². The molecule has 0 aliphatic carbocycles. The highest BCUT2D eigenvalue weighted by Gasteiger charge is 2.33. The molecule has 2 heterocycles. The highest BCUT2D eigenvalue weighted by atomic mass is 32.2. The number of methoxy groups -OCH3 is 1. The zero-order valence-electron chi connectivity index (χ0n) is 13.8. The summed E-state index contributed by atoms with van der Waals surface area (Å²) in [6.45, 7) is 1.01. The molecular formula is C19H18N2O2S2. The Hall–Kier alpha value is -1.89. The summed E-state index contributed by atoms with van der Waals surface area (Å²) in [5, 5.41) is 0.654. The number of thiazole rings is 1. The lowest BCUT2D eigenvalue weighted by atomic mass is 10.1. The number of benzene rings is 2. The average Bonchev–Trinajstić information content (AvgIpc) is 3.25. The minimum Gasteiger partial charge on any atom is -0.383 e. The molecule has 0 spiro atoms. The number of fused-ring (bicyclic) bond motifs is 2. The number of rotatable bonds is 5. The molecule has 1 aliphatic rings. The van der Waals surface area contributed by atoms with Crippen LogP contribution in [0.3, 0.4) is 0 Å². The number of aromatic nitrogens is 1. The molecular weight excluding hydrogens is 352 g/mol. The van der Waals surface area contributed by atoms with Gasteiger partial charge in [-0.25, -0.2) is 4.98 Å². The summed E-state index contributed by atoms with van der Waals surface area (Å²) < 4.78 is 6.31. The summed E-state index contributed by atoms with van der Waals surface area (Å²) in [7, 11) is 1.65. The summed E-state index contributed by atoms with van der Waals surface area (Å²) >= 11 is 3.21. The van der Waals surface area contributed by atoms with Crippen LogP contribution in [0, 0.1) is 0 Å². The highest BCUT2D eigenvalue weighted by Crippen LogP contribution is 2.39. The number of hydrogen-bond donors (Lipinski definition) is 0. The fraction of sp³-hybridized carbons (Fsp3) is 0.263. The van der Waals surface area contributed by atoms with E-state index < -0.39 is 0 Å². The minimum absolute atomic E-state index is 0.0960. The fourth-order valence-corrected chi connectivity index (χ4v) is 5.21. The summed E-state index contributed by atoms with van der Waals surface area (Å²) in [6.07, 6.45) is 0.772. The van der Waals surface area contributed by atoms with Crippen molar-refractivity contribution in [2.75, 3.05) is 25.2 Å². The topological polar surface area (TPSA) is 42.4 Å². The van der Waals surface area contributed by atoms with E-state index in [2.05, 4.69) is 17.1 Å². The lowest BCUT2D eigenvalue weighted by molar-refractivity contribution is -0.118. The summed E-state index contributed by atoms with van der Waals surface area (Å²) in [5.74, 6) is 0.109. The lowest BCUT2D eigenvalue weighted by Crippen LogP contribution is -2.39. The predicted molar refractivity (Wildman–Crippen MR) is 104 cm³/mol. The number of amides is 1. The van der Waals surface area contributed by atoms with Crippen molar-refractivity contribution in [1.82, 2.24) is 4.98 Å². The Morgan fingerprint density at radius 3 is 2.84 bits per heavy atom. The molecule has 1 aliphatic heterocycles. The third-order valence-electron chi connectivity index (χ3n) is 4.22. The Bertz CT molecular complexity index is 851. The maximum Gasteiger partial charge on any atom is 0.242 e. The first kappa shape index (κ1) is 16.6. The average molecular weight is 370 g/mol. The Balaban J connectivity index is 1.61. The van der Waals surface area contributed by atoms with Crippen LogP contribution in [0.2, 0.25) is 0 Å². The van der Waals surface area contributed by atoms with E-state index in [1.165, 1.54) is 10.5 Å². The third-order valence-corrected chi connectivity index (χ3v) is 6.59. The van der Waals surface area contributed by atoms with Gasteiger partial charge in [-0.2, -0.15) is 0 Å². The van der Waals surface area contributed by atoms with Gasteiger partial charge in [-0.1, -0.05) is 41.7 Å². The second-order valence-corrected chi connectivity index (χ2v) is 8.12. The van der Waals surface area contributed by atoms with E-state index in [-0.39, 0.29) is 11.2 Å². The molecule has 0 radical (unpaired) electrons. The van der Waals surface area contributed by atoms with Crippen molar-refractivity contribution in [2.24, 2.45) is 0 Å². The van der Waals surface area contributed by atoms with Gasteiger partial charge in [-0.3, -0.25) is 9.69 Å². The Labute approximate surface area is 154 Å². The molecule has 1 atom stereocenters. The molecule has 6 heteroatoms. The maximum atomic E-state index is 13.2. The fourth-order valence-electron chi connectivity index (χ4n) is 2.95. The molecule has 4 nitrogen and oxygen atoms in total. The molecule has 0 saturated heterocycles. The Morgan fingerprint density at radius 1 is 1.24 bits per heavy atom. The first-order valence-corrected chi connectivity index (χ1v) is 9.86. The van der Waals surface area contributed by atoms with Gasteiger partial charge in [0.2, 0.25) is 5.91 Å². The minimum atomic E-state index is -0.0960. The van der Waals surface area contributed by atoms with Crippen LogP contribution >= 0.6 is 23.1 Å². The Kier molecular flexibility index (Phi) is 4.74. The van der Waals surface area contributed by atoms with Gasteiger partial charge >= 0.3 is 0 Å². The van der Waals surface area contributed by atoms with Gasteiger partial charge in [0.25, 0.3) is 0 Å². The molecule has 1 aromatic heterocycles. The molecule has 25 heavy (non-hydrogen) atoms. The van der Waals surface area contributed by atoms with Crippen LogP contribution in [0.1, 0.15) is 5.56 Å². The molecule has 0 N–H and O–H groups in total. The number of nitrogens with zero attached hydrogens (tertiary/aromatic N) is 2. The second-order valence-electron chi connectivity index (χ2n) is 5.87. The summed E-state index contributed by atoms with van der Waals surface area (Å²) in [6, 6.07) is 16.2. The van der Waals surface area contributed by atoms with Gasteiger partial charge in [-0.05, 0) is 30.2 Å². The predicted octanol–water partition coefficient (Wildman–Crippen LogP) is 3.99. The molecule has 128 valence electrons. The first-order valence-electron chi connectivity index (χ1n) is 8.16. The number of anilines is 1. The van der Waals surface area contributed by atoms with Crippen LogP contribution in [0.15, 0.2) is 53.4 Å². The molecule has 2 aromatic carbocycles. The van der Waals surface area contributed by atoms with E-state index in [0.717, 1.165) is 21.8 Å². The quantitative estimate of drug-likeness (QED) is 0.681. The molecule has 4 rings (SSSR count). The van der Waals surface area contributed by atoms with Crippen LogP contribution in [0.5, 0.6) is 0 Å². The number of para-hydroxylation sites is 1. The maximum absolute atomic E-state index is 13.2. The van der Waals surface area contributed by atoms with Crippen LogP contribution in [-0.4, -0.2) is 36.4 Å². The van der Waals surface area contributed by atoms with E-state index in [9.17, 15) is 4.79 Å². The van der Waals surface area contributed by atoms with Gasteiger partial charge < -0.3 is 4.74 Å². The van der Waals surface area contributed by atoms with E-state index in [1.807, 2.05) is 36.4 Å². The number of thioether (sulfide) groups is 1. The number of ether oxygens (including phenoxy) is 1. The van der Waals surface area contributed by atoms with Crippen molar-refractivity contribution < 1.29 is 9.53 Å². The zero-order chi connectivity index (χ0) is 17.2. The van der Waals surface area contributed by atoms with E-state index >= 15 is 0 Å². The van der Waals surface area contributed by atoms with Gasteiger partial charge in [0, 0.05) is 12.0 Å². The summed E-state index contributed by atoms with van der Waals surface area (Å²) in [4.78, 5) is 20.9. The molecule has 1 amide bonds. The molecule has 1 unspecified atom stereocenters. The van der Waals surface area contributed by atoms with Crippen LogP contribution < -0.4 is 4.90 Å². The van der Waals surface area contributed by atoms with Gasteiger partial charge in [0.15, 0.2) is 5.13 Å². The van der Waals surface area contributed by atoms with Crippen LogP contribution in [-0.2, 0) is 16.0 Å². The molecule has 0 fully saturated rings. The van der Waals surface area contributed by atoms with Crippen molar-refractivity contribution in [2.45, 2.75) is 16.6 Å². The zero-order valence-corrected chi connectivity index (χ0v) is 15.5. The van der Waals surface area contributed by atoms with Gasteiger partial charge in [-0.15, -0.1) is 11.8 Å². The smallest absolute Gasteiger partial charge is 0.242 e. The van der Waals surface area contributed by atoms with Crippen molar-refractivity contribution in [3.63, 3.8) is 0 Å². The third kappa shape index (κ3) is 3.29. The van der Waals surface area contributed by atoms with Crippen molar-refractivity contribution in [3.05, 3.63) is 54.1 Å². The summed E-state index contributed by atoms with van der Waals surface area (Å²) in [5.41, 5.74) is 2.18. The molecule has 0 bridgehead atoms. The van der Waals surface area contributed by atoms with E-state index in [4.69, 9.17) is 4.74 Å². The molecule has 3 aromatic rings. The van der Waals surface area contributed by atoms with Crippen molar-refractivity contribution in [3.8, 4) is 0 Å².